The number of hydrogen-bond donors (Lipinski definition) is 2. The van der Waals surface area contributed by atoms with Crippen molar-refractivity contribution in [3.63, 3.8) is 0 Å². The zero-order chi connectivity index (χ0) is 16.1. The van der Waals surface area contributed by atoms with Crippen molar-refractivity contribution in [3.05, 3.63) is 24.3 Å². The number of hydroxylamine groups is 1. The number of amides is 2. The van der Waals surface area contributed by atoms with E-state index in [0.29, 0.717) is 11.0 Å². The molecule has 0 aliphatic carbocycles. The Morgan fingerprint density at radius 3 is 2.82 bits per heavy atom. The van der Waals surface area contributed by atoms with Crippen LogP contribution in [-0.4, -0.2) is 40.8 Å². The molecule has 0 aliphatic rings. The fourth-order valence-electron chi connectivity index (χ4n) is 1.69. The van der Waals surface area contributed by atoms with Crippen molar-refractivity contribution in [1.82, 2.24) is 15.0 Å². The predicted molar refractivity (Wildman–Crippen MR) is 81.0 cm³/mol. The fraction of sp³-hybridized carbons (Fsp3) is 0.308. The van der Waals surface area contributed by atoms with Crippen LogP contribution in [0.25, 0.3) is 11.0 Å². The second-order valence-corrected chi connectivity index (χ2v) is 4.67. The van der Waals surface area contributed by atoms with E-state index in [9.17, 15) is 9.59 Å². The number of rotatable bonds is 4. The van der Waals surface area contributed by atoms with Gasteiger partial charge in [0.05, 0.1) is 30.1 Å². The van der Waals surface area contributed by atoms with Gasteiger partial charge in [-0.15, -0.1) is 11.6 Å². The Labute approximate surface area is 131 Å². The van der Waals surface area contributed by atoms with Gasteiger partial charge in [-0.05, 0) is 19.1 Å². The number of carbonyl (C=O) groups excluding carboxylic acids is 2. The van der Waals surface area contributed by atoms with Crippen molar-refractivity contribution in [2.24, 2.45) is 0 Å². The molecule has 1 unspecified atom stereocenters. The van der Waals surface area contributed by atoms with Crippen LogP contribution in [0.5, 0.6) is 0 Å². The van der Waals surface area contributed by atoms with Crippen LogP contribution < -0.4 is 10.8 Å². The summed E-state index contributed by atoms with van der Waals surface area (Å²) in [4.78, 5) is 32.9. The number of fused-ring (bicyclic) bond motifs is 1. The standard InChI is InChI=1S/C13H15ClN4O4/c1-8(7-14)22-17-12(19)18-10-6-4-3-5-9(10)15-11(18)16-13(20)21-2/h3-6,8H,7H2,1-2H3,(H,17,19)(H,15,16,20). The molecule has 22 heavy (non-hydrogen) atoms. The summed E-state index contributed by atoms with van der Waals surface area (Å²) in [6, 6.07) is 6.31. The molecule has 0 aliphatic heterocycles. The van der Waals surface area contributed by atoms with Gasteiger partial charge in [-0.25, -0.2) is 24.6 Å². The van der Waals surface area contributed by atoms with Crippen LogP contribution in [0.1, 0.15) is 6.92 Å². The molecule has 0 spiro atoms. The number of imidazole rings is 1. The van der Waals surface area contributed by atoms with E-state index in [1.54, 1.807) is 31.2 Å². The zero-order valence-corrected chi connectivity index (χ0v) is 12.8. The lowest BCUT2D eigenvalue weighted by Gasteiger charge is -2.12. The number of ether oxygens (including phenoxy) is 1. The summed E-state index contributed by atoms with van der Waals surface area (Å²) < 4.78 is 5.69. The number of para-hydroxylation sites is 2. The number of methoxy groups -OCH3 is 1. The minimum atomic E-state index is -0.737. The molecule has 1 atom stereocenters. The number of nitrogens with zero attached hydrogens (tertiary/aromatic N) is 2. The number of hydrogen-bond acceptors (Lipinski definition) is 5. The molecule has 0 saturated heterocycles. The average Bonchev–Trinajstić information content (AvgIpc) is 2.89. The third-order valence-corrected chi connectivity index (χ3v) is 3.16. The van der Waals surface area contributed by atoms with Gasteiger partial charge in [0, 0.05) is 0 Å². The summed E-state index contributed by atoms with van der Waals surface area (Å²) in [5, 5.41) is 2.38. The normalized spacial score (nSPS) is 12.0. The van der Waals surface area contributed by atoms with Crippen LogP contribution >= 0.6 is 11.6 Å². The summed E-state index contributed by atoms with van der Waals surface area (Å²) in [6.45, 7) is 1.70. The van der Waals surface area contributed by atoms with Crippen molar-refractivity contribution in [1.29, 1.82) is 0 Å². The lowest BCUT2D eigenvalue weighted by molar-refractivity contribution is 0.0188. The summed E-state index contributed by atoms with van der Waals surface area (Å²) in [7, 11) is 1.22. The Balaban J connectivity index is 2.34. The molecule has 0 bridgehead atoms. The number of aromatic nitrogens is 2. The number of halogens is 1. The Morgan fingerprint density at radius 2 is 2.14 bits per heavy atom. The van der Waals surface area contributed by atoms with Crippen LogP contribution in [0.15, 0.2) is 24.3 Å². The lowest BCUT2D eigenvalue weighted by atomic mass is 10.3. The molecule has 2 N–H and O–H groups in total. The summed E-state index contributed by atoms with van der Waals surface area (Å²) in [6.07, 6.45) is -1.10. The van der Waals surface area contributed by atoms with Crippen molar-refractivity contribution in [2.75, 3.05) is 18.3 Å². The zero-order valence-electron chi connectivity index (χ0n) is 12.0. The molecular formula is C13H15ClN4O4. The topological polar surface area (TPSA) is 94.5 Å². The second-order valence-electron chi connectivity index (χ2n) is 4.37. The highest BCUT2D eigenvalue weighted by Gasteiger charge is 2.19. The van der Waals surface area contributed by atoms with Crippen molar-refractivity contribution >= 4 is 40.7 Å². The molecule has 2 rings (SSSR count). The number of anilines is 1. The molecule has 0 saturated carbocycles. The van der Waals surface area contributed by atoms with E-state index in [2.05, 4.69) is 20.5 Å². The summed E-state index contributed by atoms with van der Waals surface area (Å²) >= 11 is 5.61. The van der Waals surface area contributed by atoms with Crippen molar-refractivity contribution < 1.29 is 19.2 Å². The highest BCUT2D eigenvalue weighted by molar-refractivity contribution is 6.18. The number of nitrogens with one attached hydrogen (secondary N) is 2. The smallest absolute Gasteiger partial charge is 0.413 e. The first-order valence-corrected chi connectivity index (χ1v) is 6.94. The van der Waals surface area contributed by atoms with E-state index in [-0.39, 0.29) is 17.9 Å². The SMILES string of the molecule is COC(=O)Nc1nc2ccccc2n1C(=O)NOC(C)CCl. The van der Waals surface area contributed by atoms with E-state index < -0.39 is 12.1 Å². The molecule has 9 heteroatoms. The average molecular weight is 327 g/mol. The number of benzene rings is 1. The summed E-state index contributed by atoms with van der Waals surface area (Å²) in [5.74, 6) is 0.241. The van der Waals surface area contributed by atoms with Gasteiger partial charge in [-0.2, -0.15) is 0 Å². The van der Waals surface area contributed by atoms with Gasteiger partial charge in [0.25, 0.3) is 0 Å². The molecule has 2 amide bonds. The predicted octanol–water partition coefficient (Wildman–Crippen LogP) is 2.33. The maximum absolute atomic E-state index is 12.3. The van der Waals surface area contributed by atoms with E-state index >= 15 is 0 Å². The van der Waals surface area contributed by atoms with Crippen LogP contribution in [-0.2, 0) is 9.57 Å². The van der Waals surface area contributed by atoms with Gasteiger partial charge < -0.3 is 4.74 Å². The monoisotopic (exact) mass is 326 g/mol. The molecule has 1 heterocycles. The van der Waals surface area contributed by atoms with Crippen LogP contribution in [0.4, 0.5) is 15.5 Å². The molecular weight excluding hydrogens is 312 g/mol. The maximum atomic E-state index is 12.3. The van der Waals surface area contributed by atoms with Gasteiger partial charge in [0.2, 0.25) is 5.95 Å². The van der Waals surface area contributed by atoms with Crippen LogP contribution in [0.2, 0.25) is 0 Å². The first-order chi connectivity index (χ1) is 10.6. The highest BCUT2D eigenvalue weighted by atomic mass is 35.5. The second kappa shape index (κ2) is 7.10. The van der Waals surface area contributed by atoms with Crippen molar-refractivity contribution in [2.45, 2.75) is 13.0 Å². The largest absolute Gasteiger partial charge is 0.453 e. The van der Waals surface area contributed by atoms with E-state index in [4.69, 9.17) is 16.4 Å². The minimum absolute atomic E-state index is 0.0210. The number of carbonyl (C=O) groups is 2. The lowest BCUT2D eigenvalue weighted by Crippen LogP contribution is -2.33. The van der Waals surface area contributed by atoms with E-state index in [1.807, 2.05) is 0 Å². The quantitative estimate of drug-likeness (QED) is 0.664. The van der Waals surface area contributed by atoms with E-state index in [0.717, 1.165) is 0 Å². The Kier molecular flexibility index (Phi) is 5.18. The molecule has 8 nitrogen and oxygen atoms in total. The van der Waals surface area contributed by atoms with Gasteiger partial charge in [0.1, 0.15) is 0 Å². The maximum Gasteiger partial charge on any atom is 0.413 e. The highest BCUT2D eigenvalue weighted by Crippen LogP contribution is 2.19. The molecule has 1 aromatic carbocycles. The molecule has 118 valence electrons. The third kappa shape index (κ3) is 3.46. The Bertz CT molecular complexity index is 688. The summed E-state index contributed by atoms with van der Waals surface area (Å²) in [5.41, 5.74) is 3.31. The fourth-order valence-corrected chi connectivity index (χ4v) is 1.75. The van der Waals surface area contributed by atoms with Gasteiger partial charge in [0.15, 0.2) is 0 Å². The Morgan fingerprint density at radius 1 is 1.41 bits per heavy atom. The van der Waals surface area contributed by atoms with Crippen LogP contribution in [0, 0.1) is 0 Å². The first kappa shape index (κ1) is 16.1. The third-order valence-electron chi connectivity index (χ3n) is 2.73. The van der Waals surface area contributed by atoms with E-state index in [1.165, 1.54) is 11.7 Å². The van der Waals surface area contributed by atoms with Gasteiger partial charge in [-0.3, -0.25) is 10.2 Å². The van der Waals surface area contributed by atoms with Gasteiger partial charge >= 0.3 is 12.1 Å². The van der Waals surface area contributed by atoms with Crippen LogP contribution in [0.3, 0.4) is 0 Å². The Hall–Kier alpha value is -2.32. The molecule has 0 fully saturated rings. The molecule has 0 radical (unpaired) electrons. The molecule has 2 aromatic rings. The van der Waals surface area contributed by atoms with Gasteiger partial charge in [-0.1, -0.05) is 12.1 Å². The molecule has 1 aromatic heterocycles. The van der Waals surface area contributed by atoms with Crippen molar-refractivity contribution in [3.8, 4) is 0 Å². The number of alkyl halides is 1. The minimum Gasteiger partial charge on any atom is -0.453 e. The first-order valence-electron chi connectivity index (χ1n) is 6.41.